The van der Waals surface area contributed by atoms with Gasteiger partial charge in [0.1, 0.15) is 0 Å². The summed E-state index contributed by atoms with van der Waals surface area (Å²) in [6, 6.07) is 0. The van der Waals surface area contributed by atoms with Crippen molar-refractivity contribution in [3.8, 4) is 0 Å². The second-order valence-electron chi connectivity index (χ2n) is 10.0. The van der Waals surface area contributed by atoms with Crippen LogP contribution in [0.25, 0.3) is 0 Å². The number of hydrogen-bond acceptors (Lipinski definition) is 3. The van der Waals surface area contributed by atoms with E-state index in [1.807, 2.05) is 6.92 Å². The lowest BCUT2D eigenvalue weighted by atomic mass is 10.0. The Kier molecular flexibility index (Phi) is 26.3. The van der Waals surface area contributed by atoms with Crippen LogP contribution < -0.4 is 0 Å². The molecule has 0 aromatic carbocycles. The SMILES string of the molecule is CC/C=C\C/C=C\C/C=C\CCCCCCCC(=O)OC(C)CCCCCCCCCCCC(=O)O. The third kappa shape index (κ3) is 28.4. The van der Waals surface area contributed by atoms with E-state index in [0.29, 0.717) is 12.8 Å². The molecule has 0 aromatic rings. The summed E-state index contributed by atoms with van der Waals surface area (Å²) in [5, 5.41) is 8.62. The molecule has 0 saturated heterocycles. The number of ether oxygens (including phenoxy) is 1. The van der Waals surface area contributed by atoms with E-state index in [2.05, 4.69) is 43.4 Å². The van der Waals surface area contributed by atoms with Crippen LogP contribution in [0.2, 0.25) is 0 Å². The zero-order valence-electron chi connectivity index (χ0n) is 23.6. The van der Waals surface area contributed by atoms with Crippen LogP contribution in [-0.4, -0.2) is 23.1 Å². The molecule has 0 aliphatic heterocycles. The molecule has 0 aromatic heterocycles. The van der Waals surface area contributed by atoms with Gasteiger partial charge in [-0.2, -0.15) is 0 Å². The smallest absolute Gasteiger partial charge is 0.306 e. The van der Waals surface area contributed by atoms with Crippen LogP contribution in [0.4, 0.5) is 0 Å². The quantitative estimate of drug-likeness (QED) is 0.0723. The molecule has 0 radical (unpaired) electrons. The molecule has 0 rings (SSSR count). The fraction of sp³-hybridized carbons (Fsp3) is 0.750. The summed E-state index contributed by atoms with van der Waals surface area (Å²) >= 11 is 0. The molecule has 0 fully saturated rings. The lowest BCUT2D eigenvalue weighted by Gasteiger charge is -2.13. The van der Waals surface area contributed by atoms with E-state index in [9.17, 15) is 9.59 Å². The number of carboxylic acid groups (broad SMARTS) is 1. The van der Waals surface area contributed by atoms with E-state index in [-0.39, 0.29) is 12.1 Å². The fourth-order valence-electron chi connectivity index (χ4n) is 4.18. The van der Waals surface area contributed by atoms with Gasteiger partial charge < -0.3 is 9.84 Å². The van der Waals surface area contributed by atoms with E-state index in [0.717, 1.165) is 70.6 Å². The number of hydrogen-bond donors (Lipinski definition) is 1. The largest absolute Gasteiger partial charge is 0.481 e. The van der Waals surface area contributed by atoms with Crippen molar-refractivity contribution >= 4 is 11.9 Å². The number of carbonyl (C=O) groups excluding carboxylic acids is 1. The van der Waals surface area contributed by atoms with Crippen molar-refractivity contribution in [3.05, 3.63) is 36.5 Å². The Balaban J connectivity index is 3.41. The van der Waals surface area contributed by atoms with Crippen molar-refractivity contribution in [2.24, 2.45) is 0 Å². The first-order valence-electron chi connectivity index (χ1n) is 14.9. The van der Waals surface area contributed by atoms with Gasteiger partial charge in [0, 0.05) is 12.8 Å². The van der Waals surface area contributed by atoms with E-state index < -0.39 is 5.97 Å². The van der Waals surface area contributed by atoms with E-state index in [1.54, 1.807) is 0 Å². The number of rotatable bonds is 26. The zero-order chi connectivity index (χ0) is 26.5. The number of carboxylic acids is 1. The molecule has 36 heavy (non-hydrogen) atoms. The molecular formula is C32H56O4. The Hall–Kier alpha value is -1.84. The summed E-state index contributed by atoms with van der Waals surface area (Å²) in [6.45, 7) is 4.17. The lowest BCUT2D eigenvalue weighted by Crippen LogP contribution is -2.14. The van der Waals surface area contributed by atoms with Crippen LogP contribution in [0.5, 0.6) is 0 Å². The first-order chi connectivity index (χ1) is 17.6. The van der Waals surface area contributed by atoms with Gasteiger partial charge >= 0.3 is 11.9 Å². The third-order valence-electron chi connectivity index (χ3n) is 6.37. The molecule has 0 spiro atoms. The predicted octanol–water partition coefficient (Wildman–Crippen LogP) is 9.88. The van der Waals surface area contributed by atoms with Gasteiger partial charge in [-0.05, 0) is 64.7 Å². The van der Waals surface area contributed by atoms with Crippen LogP contribution in [0.1, 0.15) is 149 Å². The van der Waals surface area contributed by atoms with Gasteiger partial charge in [0.05, 0.1) is 6.10 Å². The summed E-state index contributed by atoms with van der Waals surface area (Å²) in [6.07, 6.45) is 35.5. The second-order valence-corrected chi connectivity index (χ2v) is 10.0. The van der Waals surface area contributed by atoms with Crippen molar-refractivity contribution in [1.82, 2.24) is 0 Å². The summed E-state index contributed by atoms with van der Waals surface area (Å²) in [5.41, 5.74) is 0. The summed E-state index contributed by atoms with van der Waals surface area (Å²) in [5.74, 6) is -0.721. The third-order valence-corrected chi connectivity index (χ3v) is 6.37. The van der Waals surface area contributed by atoms with E-state index in [4.69, 9.17) is 9.84 Å². The second kappa shape index (κ2) is 27.7. The number of allylic oxidation sites excluding steroid dienone is 6. The van der Waals surface area contributed by atoms with Gasteiger partial charge in [-0.1, -0.05) is 108 Å². The highest BCUT2D eigenvalue weighted by atomic mass is 16.5. The average molecular weight is 505 g/mol. The highest BCUT2D eigenvalue weighted by Crippen LogP contribution is 2.14. The molecule has 0 amide bonds. The first-order valence-corrected chi connectivity index (χ1v) is 14.9. The van der Waals surface area contributed by atoms with Crippen LogP contribution in [0.15, 0.2) is 36.5 Å². The number of esters is 1. The van der Waals surface area contributed by atoms with Gasteiger partial charge in [-0.3, -0.25) is 9.59 Å². The van der Waals surface area contributed by atoms with Gasteiger partial charge in [-0.15, -0.1) is 0 Å². The Labute approximate surface area is 222 Å². The monoisotopic (exact) mass is 504 g/mol. The van der Waals surface area contributed by atoms with Gasteiger partial charge in [-0.25, -0.2) is 0 Å². The normalized spacial score (nSPS) is 12.7. The average Bonchev–Trinajstić information content (AvgIpc) is 2.84. The molecule has 1 N–H and O–H groups in total. The summed E-state index contributed by atoms with van der Waals surface area (Å²) in [7, 11) is 0. The lowest BCUT2D eigenvalue weighted by molar-refractivity contribution is -0.148. The van der Waals surface area contributed by atoms with Crippen molar-refractivity contribution in [2.75, 3.05) is 0 Å². The Morgan fingerprint density at radius 1 is 0.639 bits per heavy atom. The van der Waals surface area contributed by atoms with Crippen molar-refractivity contribution in [2.45, 2.75) is 155 Å². The van der Waals surface area contributed by atoms with Crippen LogP contribution >= 0.6 is 0 Å². The molecule has 0 aliphatic carbocycles. The molecule has 4 nitrogen and oxygen atoms in total. The maximum atomic E-state index is 12.0. The Bertz CT molecular complexity index is 591. The van der Waals surface area contributed by atoms with Crippen molar-refractivity contribution in [1.29, 1.82) is 0 Å². The molecule has 4 heteroatoms. The highest BCUT2D eigenvalue weighted by Gasteiger charge is 2.09. The molecule has 0 saturated carbocycles. The molecule has 208 valence electrons. The van der Waals surface area contributed by atoms with Crippen molar-refractivity contribution in [3.63, 3.8) is 0 Å². The van der Waals surface area contributed by atoms with Crippen LogP contribution in [-0.2, 0) is 14.3 Å². The minimum Gasteiger partial charge on any atom is -0.481 e. The molecule has 0 heterocycles. The Morgan fingerprint density at radius 2 is 1.11 bits per heavy atom. The Morgan fingerprint density at radius 3 is 1.69 bits per heavy atom. The molecule has 1 unspecified atom stereocenters. The topological polar surface area (TPSA) is 63.6 Å². The number of unbranched alkanes of at least 4 members (excludes halogenated alkanes) is 13. The van der Waals surface area contributed by atoms with Crippen LogP contribution in [0, 0.1) is 0 Å². The maximum Gasteiger partial charge on any atom is 0.306 e. The predicted molar refractivity (Wildman–Crippen MR) is 153 cm³/mol. The summed E-state index contributed by atoms with van der Waals surface area (Å²) < 4.78 is 5.57. The molecular weight excluding hydrogens is 448 g/mol. The van der Waals surface area contributed by atoms with E-state index >= 15 is 0 Å². The molecule has 1 atom stereocenters. The minimum atomic E-state index is -0.685. The first kappa shape index (κ1) is 34.2. The molecule has 0 bridgehead atoms. The highest BCUT2D eigenvalue weighted by molar-refractivity contribution is 5.69. The van der Waals surface area contributed by atoms with Gasteiger partial charge in [0.15, 0.2) is 0 Å². The number of aliphatic carboxylic acids is 1. The van der Waals surface area contributed by atoms with E-state index in [1.165, 1.54) is 51.4 Å². The number of carbonyl (C=O) groups is 2. The fourth-order valence-corrected chi connectivity index (χ4v) is 4.18. The minimum absolute atomic E-state index is 0.0289. The van der Waals surface area contributed by atoms with Crippen molar-refractivity contribution < 1.29 is 19.4 Å². The maximum absolute atomic E-state index is 12.0. The van der Waals surface area contributed by atoms with Gasteiger partial charge in [0.2, 0.25) is 0 Å². The van der Waals surface area contributed by atoms with Crippen LogP contribution in [0.3, 0.4) is 0 Å². The summed E-state index contributed by atoms with van der Waals surface area (Å²) in [4.78, 5) is 22.5. The molecule has 0 aliphatic rings. The van der Waals surface area contributed by atoms with Gasteiger partial charge in [0.25, 0.3) is 0 Å². The zero-order valence-corrected chi connectivity index (χ0v) is 23.6. The standard InChI is InChI=1S/C32H56O4/c1-3-4-5-6-7-8-9-10-11-12-13-17-20-23-26-29-32(35)36-30(2)27-24-21-18-15-14-16-19-22-25-28-31(33)34/h4-5,7-8,10-11,30H,3,6,9,12-29H2,1-2H3,(H,33,34)/b5-4-,8-7-,11-10-.